The summed E-state index contributed by atoms with van der Waals surface area (Å²) >= 11 is 3.14. The van der Waals surface area contributed by atoms with E-state index in [1.807, 2.05) is 35.0 Å². The van der Waals surface area contributed by atoms with Gasteiger partial charge in [0.05, 0.1) is 13.2 Å². The van der Waals surface area contributed by atoms with Crippen LogP contribution < -0.4 is 10.2 Å². The summed E-state index contributed by atoms with van der Waals surface area (Å²) in [4.78, 5) is 18.8. The van der Waals surface area contributed by atoms with Crippen molar-refractivity contribution in [1.82, 2.24) is 10.3 Å². The molecule has 7 heteroatoms. The Bertz CT molecular complexity index is 859. The van der Waals surface area contributed by atoms with Gasteiger partial charge in [-0.05, 0) is 17.0 Å². The predicted molar refractivity (Wildman–Crippen MR) is 108 cm³/mol. The fraction of sp³-hybridized carbons (Fsp3) is 0.300. The van der Waals surface area contributed by atoms with E-state index in [2.05, 4.69) is 27.8 Å². The molecule has 0 spiro atoms. The highest BCUT2D eigenvalue weighted by Gasteiger charge is 2.24. The number of morpholine rings is 1. The summed E-state index contributed by atoms with van der Waals surface area (Å²) in [6.45, 7) is 4.35. The van der Waals surface area contributed by atoms with Crippen LogP contribution in [0.3, 0.4) is 0 Å². The van der Waals surface area contributed by atoms with Crippen LogP contribution >= 0.6 is 22.7 Å². The Hall–Kier alpha value is -2.06. The molecule has 1 aliphatic rings. The number of thiophene rings is 1. The van der Waals surface area contributed by atoms with E-state index in [0.717, 1.165) is 49.0 Å². The van der Waals surface area contributed by atoms with E-state index in [1.54, 1.807) is 11.3 Å². The second-order valence-electron chi connectivity index (χ2n) is 6.55. The molecule has 0 unspecified atom stereocenters. The third-order valence-electron chi connectivity index (χ3n) is 4.70. The van der Waals surface area contributed by atoms with Crippen LogP contribution in [-0.2, 0) is 4.74 Å². The van der Waals surface area contributed by atoms with Crippen molar-refractivity contribution in [2.45, 2.75) is 6.04 Å². The van der Waals surface area contributed by atoms with Crippen molar-refractivity contribution in [2.24, 2.45) is 0 Å². The number of carbonyl (C=O) groups excluding carboxylic acids is 1. The van der Waals surface area contributed by atoms with E-state index in [-0.39, 0.29) is 11.9 Å². The van der Waals surface area contributed by atoms with Gasteiger partial charge in [0.1, 0.15) is 36.4 Å². The highest BCUT2D eigenvalue weighted by Crippen LogP contribution is 2.26. The van der Waals surface area contributed by atoms with Gasteiger partial charge in [0.25, 0.3) is 5.91 Å². The summed E-state index contributed by atoms with van der Waals surface area (Å²) in [6.07, 6.45) is 0. The first-order chi connectivity index (χ1) is 13.3. The maximum atomic E-state index is 12.9. The molecule has 0 saturated carbocycles. The summed E-state index contributed by atoms with van der Waals surface area (Å²) in [6, 6.07) is 12.2. The standard InChI is InChI=1S/C20H21N3O2S2/c24-19(18-14-27-20(22-18)16-6-11-26-13-16)21-17(15-4-2-1-3-5-15)12-23-7-9-25-10-8-23/h1-6,11,13-14,17H,7-10,12H2,(H,21,24)/p+1/t17-/m1/s1. The molecule has 1 aromatic carbocycles. The molecular weight excluding hydrogens is 378 g/mol. The second kappa shape index (κ2) is 8.75. The molecule has 4 rings (SSSR count). The summed E-state index contributed by atoms with van der Waals surface area (Å²) < 4.78 is 5.46. The lowest BCUT2D eigenvalue weighted by Gasteiger charge is -2.28. The number of thiazole rings is 1. The number of amides is 1. The van der Waals surface area contributed by atoms with Gasteiger partial charge in [-0.3, -0.25) is 4.79 Å². The fourth-order valence-electron chi connectivity index (χ4n) is 3.22. The van der Waals surface area contributed by atoms with Gasteiger partial charge in [-0.15, -0.1) is 11.3 Å². The minimum Gasteiger partial charge on any atom is -0.370 e. The Morgan fingerprint density at radius 2 is 2.00 bits per heavy atom. The third kappa shape index (κ3) is 4.62. The maximum absolute atomic E-state index is 12.9. The Morgan fingerprint density at radius 3 is 2.74 bits per heavy atom. The average molecular weight is 401 g/mol. The molecule has 27 heavy (non-hydrogen) atoms. The Kier molecular flexibility index (Phi) is 5.94. The van der Waals surface area contributed by atoms with Crippen LogP contribution in [0.2, 0.25) is 0 Å². The van der Waals surface area contributed by atoms with Gasteiger partial charge in [0.15, 0.2) is 0 Å². The van der Waals surface area contributed by atoms with E-state index in [0.29, 0.717) is 5.69 Å². The summed E-state index contributed by atoms with van der Waals surface area (Å²) in [7, 11) is 0. The van der Waals surface area contributed by atoms with Crippen LogP contribution in [0.4, 0.5) is 0 Å². The fourth-order valence-corrected chi connectivity index (χ4v) is 4.73. The lowest BCUT2D eigenvalue weighted by atomic mass is 10.1. The van der Waals surface area contributed by atoms with Crippen LogP contribution in [0.5, 0.6) is 0 Å². The molecule has 0 radical (unpaired) electrons. The topological polar surface area (TPSA) is 55.7 Å². The highest BCUT2D eigenvalue weighted by atomic mass is 32.1. The number of nitrogens with one attached hydrogen (secondary N) is 2. The van der Waals surface area contributed by atoms with Crippen molar-refractivity contribution in [3.8, 4) is 10.6 Å². The van der Waals surface area contributed by atoms with Crippen molar-refractivity contribution in [1.29, 1.82) is 0 Å². The number of benzene rings is 1. The summed E-state index contributed by atoms with van der Waals surface area (Å²) in [5, 5.41) is 10.00. The first kappa shape index (κ1) is 18.3. The highest BCUT2D eigenvalue weighted by molar-refractivity contribution is 7.14. The number of quaternary nitrogens is 1. The minimum absolute atomic E-state index is 0.0434. The van der Waals surface area contributed by atoms with Crippen LogP contribution in [0.25, 0.3) is 10.6 Å². The summed E-state index contributed by atoms with van der Waals surface area (Å²) in [5.74, 6) is -0.116. The molecule has 0 bridgehead atoms. The number of carbonyl (C=O) groups is 1. The molecule has 2 N–H and O–H groups in total. The van der Waals surface area contributed by atoms with Gasteiger partial charge >= 0.3 is 0 Å². The molecule has 1 saturated heterocycles. The van der Waals surface area contributed by atoms with E-state index in [1.165, 1.54) is 16.2 Å². The van der Waals surface area contributed by atoms with Crippen LogP contribution in [0.15, 0.2) is 52.5 Å². The average Bonchev–Trinajstić information content (AvgIpc) is 3.41. The smallest absolute Gasteiger partial charge is 0.271 e. The second-order valence-corrected chi connectivity index (χ2v) is 8.19. The van der Waals surface area contributed by atoms with E-state index in [9.17, 15) is 4.79 Å². The zero-order valence-electron chi connectivity index (χ0n) is 14.9. The zero-order valence-corrected chi connectivity index (χ0v) is 16.5. The van der Waals surface area contributed by atoms with Gasteiger partial charge in [-0.1, -0.05) is 30.3 Å². The van der Waals surface area contributed by atoms with Crippen molar-refractivity contribution in [3.05, 3.63) is 63.8 Å². The molecular formula is C20H22N3O2S2+. The normalized spacial score (nSPS) is 16.1. The molecule has 1 atom stereocenters. The van der Waals surface area contributed by atoms with E-state index >= 15 is 0 Å². The molecule has 2 aromatic heterocycles. The number of aromatic nitrogens is 1. The molecule has 1 amide bonds. The van der Waals surface area contributed by atoms with Crippen molar-refractivity contribution >= 4 is 28.6 Å². The molecule has 5 nitrogen and oxygen atoms in total. The molecule has 1 aliphatic heterocycles. The first-order valence-electron chi connectivity index (χ1n) is 9.05. The molecule has 0 aliphatic carbocycles. The van der Waals surface area contributed by atoms with Gasteiger partial charge in [0.2, 0.25) is 0 Å². The van der Waals surface area contributed by atoms with E-state index in [4.69, 9.17) is 4.74 Å². The number of rotatable bonds is 6. The number of ether oxygens (including phenoxy) is 1. The quantitative estimate of drug-likeness (QED) is 0.667. The Morgan fingerprint density at radius 1 is 1.19 bits per heavy atom. The SMILES string of the molecule is O=C(N[C@H](C[NH+]1CCOCC1)c1ccccc1)c1csc(-c2ccsc2)n1. The lowest BCUT2D eigenvalue weighted by Crippen LogP contribution is -3.14. The van der Waals surface area contributed by atoms with Crippen molar-refractivity contribution in [2.75, 3.05) is 32.8 Å². The van der Waals surface area contributed by atoms with Gasteiger partial charge < -0.3 is 15.0 Å². The first-order valence-corrected chi connectivity index (χ1v) is 10.9. The van der Waals surface area contributed by atoms with Gasteiger partial charge in [-0.2, -0.15) is 11.3 Å². The van der Waals surface area contributed by atoms with Crippen molar-refractivity contribution in [3.63, 3.8) is 0 Å². The van der Waals surface area contributed by atoms with Gasteiger partial charge in [0, 0.05) is 16.3 Å². The van der Waals surface area contributed by atoms with Crippen LogP contribution in [0, 0.1) is 0 Å². The monoisotopic (exact) mass is 400 g/mol. The maximum Gasteiger partial charge on any atom is 0.271 e. The van der Waals surface area contributed by atoms with Crippen LogP contribution in [-0.4, -0.2) is 43.7 Å². The van der Waals surface area contributed by atoms with Crippen LogP contribution in [0.1, 0.15) is 22.1 Å². The molecule has 1 fully saturated rings. The molecule has 3 heterocycles. The summed E-state index contributed by atoms with van der Waals surface area (Å²) in [5.41, 5.74) is 2.68. The Labute approximate surface area is 166 Å². The lowest BCUT2D eigenvalue weighted by molar-refractivity contribution is -0.909. The van der Waals surface area contributed by atoms with Gasteiger partial charge in [-0.25, -0.2) is 4.98 Å². The molecule has 140 valence electrons. The molecule has 3 aromatic rings. The number of hydrogen-bond acceptors (Lipinski definition) is 5. The Balaban J connectivity index is 1.49. The third-order valence-corrected chi connectivity index (χ3v) is 6.28. The zero-order chi connectivity index (χ0) is 18.5. The largest absolute Gasteiger partial charge is 0.370 e. The number of nitrogens with zero attached hydrogens (tertiary/aromatic N) is 1. The van der Waals surface area contributed by atoms with Crippen molar-refractivity contribution < 1.29 is 14.4 Å². The number of hydrogen-bond donors (Lipinski definition) is 2. The predicted octanol–water partition coefficient (Wildman–Crippen LogP) is 2.26. The minimum atomic E-state index is -0.116. The van der Waals surface area contributed by atoms with E-state index < -0.39 is 0 Å².